The first-order valence-corrected chi connectivity index (χ1v) is 7.41. The maximum atomic E-state index is 12.2. The average Bonchev–Trinajstić information content (AvgIpc) is 2.59. The summed E-state index contributed by atoms with van der Waals surface area (Å²) in [7, 11) is 1.58. The van der Waals surface area contributed by atoms with Gasteiger partial charge in [-0.1, -0.05) is 12.1 Å². The van der Waals surface area contributed by atoms with Crippen molar-refractivity contribution in [2.45, 2.75) is 6.92 Å². The minimum Gasteiger partial charge on any atom is -0.497 e. The molecule has 2 aromatic carbocycles. The molecule has 3 rings (SSSR count). The van der Waals surface area contributed by atoms with Crippen LogP contribution in [0.25, 0.3) is 22.1 Å². The number of hydrogen-bond donors (Lipinski definition) is 0. The Bertz CT molecular complexity index is 938. The van der Waals surface area contributed by atoms with Crippen LogP contribution in [0.15, 0.2) is 57.7 Å². The first-order chi connectivity index (χ1) is 11.6. The fraction of sp³-hybridized carbons (Fsp3) is 0.158. The lowest BCUT2D eigenvalue weighted by molar-refractivity contribution is -0.118. The molecule has 5 heteroatoms. The largest absolute Gasteiger partial charge is 0.497 e. The Balaban J connectivity index is 1.97. The van der Waals surface area contributed by atoms with Gasteiger partial charge in [-0.2, -0.15) is 0 Å². The van der Waals surface area contributed by atoms with Crippen LogP contribution < -0.4 is 15.1 Å². The van der Waals surface area contributed by atoms with Crippen molar-refractivity contribution in [1.82, 2.24) is 0 Å². The Morgan fingerprint density at radius 2 is 1.75 bits per heavy atom. The lowest BCUT2D eigenvalue weighted by Gasteiger charge is -2.06. The molecule has 0 fully saturated rings. The van der Waals surface area contributed by atoms with Crippen LogP contribution in [0.3, 0.4) is 0 Å². The molecule has 122 valence electrons. The molecule has 0 spiro atoms. The number of fused-ring (bicyclic) bond motifs is 1. The number of Topliss-reactive ketones (excluding diaryl/α,β-unsaturated/α-hetero) is 1. The van der Waals surface area contributed by atoms with Gasteiger partial charge in [-0.25, -0.2) is 4.79 Å². The van der Waals surface area contributed by atoms with E-state index in [1.54, 1.807) is 49.6 Å². The molecular weight excluding hydrogens is 308 g/mol. The topological polar surface area (TPSA) is 65.7 Å². The summed E-state index contributed by atoms with van der Waals surface area (Å²) in [4.78, 5) is 23.2. The van der Waals surface area contributed by atoms with E-state index < -0.39 is 5.63 Å². The van der Waals surface area contributed by atoms with Gasteiger partial charge >= 0.3 is 5.63 Å². The number of carbonyl (C=O) groups excluding carboxylic acids is 1. The zero-order valence-electron chi connectivity index (χ0n) is 13.4. The van der Waals surface area contributed by atoms with E-state index in [0.29, 0.717) is 28.2 Å². The maximum absolute atomic E-state index is 12.2. The van der Waals surface area contributed by atoms with E-state index in [0.717, 1.165) is 5.39 Å². The molecule has 3 aromatic rings. The van der Waals surface area contributed by atoms with Crippen LogP contribution in [-0.4, -0.2) is 19.5 Å². The van der Waals surface area contributed by atoms with Gasteiger partial charge in [0.25, 0.3) is 0 Å². The second-order valence-corrected chi connectivity index (χ2v) is 5.37. The average molecular weight is 324 g/mol. The van der Waals surface area contributed by atoms with Gasteiger partial charge in [0.2, 0.25) is 0 Å². The van der Waals surface area contributed by atoms with Gasteiger partial charge in [-0.05, 0) is 48.9 Å². The van der Waals surface area contributed by atoms with Crippen molar-refractivity contribution in [3.63, 3.8) is 0 Å². The Morgan fingerprint density at radius 1 is 1.04 bits per heavy atom. The molecule has 1 aromatic heterocycles. The highest BCUT2D eigenvalue weighted by molar-refractivity contribution is 5.83. The Morgan fingerprint density at radius 3 is 2.42 bits per heavy atom. The predicted molar refractivity (Wildman–Crippen MR) is 90.6 cm³/mol. The van der Waals surface area contributed by atoms with Crippen molar-refractivity contribution in [1.29, 1.82) is 0 Å². The Kier molecular flexibility index (Phi) is 4.33. The molecule has 0 atom stereocenters. The van der Waals surface area contributed by atoms with E-state index in [1.165, 1.54) is 6.92 Å². The summed E-state index contributed by atoms with van der Waals surface area (Å²) in [6.45, 7) is 1.49. The zero-order chi connectivity index (χ0) is 17.1. The molecule has 0 N–H and O–H groups in total. The molecular formula is C19H16O5. The first kappa shape index (κ1) is 15.8. The quantitative estimate of drug-likeness (QED) is 0.673. The van der Waals surface area contributed by atoms with Crippen LogP contribution >= 0.6 is 0 Å². The molecule has 0 aliphatic rings. The number of hydrogen-bond acceptors (Lipinski definition) is 5. The van der Waals surface area contributed by atoms with Crippen LogP contribution in [0.4, 0.5) is 0 Å². The third-order valence-electron chi connectivity index (χ3n) is 3.55. The molecule has 0 aliphatic heterocycles. The van der Waals surface area contributed by atoms with E-state index >= 15 is 0 Å². The SMILES string of the molecule is COc1ccc2oc(=O)c(-c3ccc(OCC(C)=O)cc3)cc2c1. The van der Waals surface area contributed by atoms with Crippen molar-refractivity contribution in [3.8, 4) is 22.6 Å². The van der Waals surface area contributed by atoms with Gasteiger partial charge in [0.15, 0.2) is 5.78 Å². The number of carbonyl (C=O) groups is 1. The number of ether oxygens (including phenoxy) is 2. The second-order valence-electron chi connectivity index (χ2n) is 5.37. The van der Waals surface area contributed by atoms with Crippen LogP contribution in [0.1, 0.15) is 6.92 Å². The lowest BCUT2D eigenvalue weighted by Crippen LogP contribution is -2.06. The van der Waals surface area contributed by atoms with E-state index in [9.17, 15) is 9.59 Å². The predicted octanol–water partition coefficient (Wildman–Crippen LogP) is 3.44. The molecule has 1 heterocycles. The number of rotatable bonds is 5. The van der Waals surface area contributed by atoms with Gasteiger partial charge in [0.1, 0.15) is 23.7 Å². The molecule has 0 saturated carbocycles. The van der Waals surface area contributed by atoms with Crippen molar-refractivity contribution in [2.24, 2.45) is 0 Å². The minimum absolute atomic E-state index is 0.0251. The Labute approximate surface area is 138 Å². The lowest BCUT2D eigenvalue weighted by atomic mass is 10.1. The highest BCUT2D eigenvalue weighted by Crippen LogP contribution is 2.25. The highest BCUT2D eigenvalue weighted by Gasteiger charge is 2.09. The maximum Gasteiger partial charge on any atom is 0.344 e. The van der Waals surface area contributed by atoms with Crippen molar-refractivity contribution < 1.29 is 18.7 Å². The summed E-state index contributed by atoms with van der Waals surface area (Å²) < 4.78 is 15.9. The van der Waals surface area contributed by atoms with Crippen molar-refractivity contribution in [2.75, 3.05) is 13.7 Å². The van der Waals surface area contributed by atoms with Crippen LogP contribution in [0.5, 0.6) is 11.5 Å². The van der Waals surface area contributed by atoms with Gasteiger partial charge in [-0.3, -0.25) is 4.79 Å². The van der Waals surface area contributed by atoms with Crippen molar-refractivity contribution >= 4 is 16.8 Å². The number of ketones is 1. The molecule has 0 amide bonds. The van der Waals surface area contributed by atoms with Crippen LogP contribution in [0.2, 0.25) is 0 Å². The van der Waals surface area contributed by atoms with E-state index in [1.807, 2.05) is 6.07 Å². The second kappa shape index (κ2) is 6.58. The molecule has 24 heavy (non-hydrogen) atoms. The fourth-order valence-corrected chi connectivity index (χ4v) is 2.35. The summed E-state index contributed by atoms with van der Waals surface area (Å²) >= 11 is 0. The van der Waals surface area contributed by atoms with E-state index in [4.69, 9.17) is 13.9 Å². The van der Waals surface area contributed by atoms with Crippen LogP contribution in [0, 0.1) is 0 Å². The van der Waals surface area contributed by atoms with Crippen LogP contribution in [-0.2, 0) is 4.79 Å². The summed E-state index contributed by atoms with van der Waals surface area (Å²) in [5, 5.41) is 0.779. The summed E-state index contributed by atoms with van der Waals surface area (Å²) in [6, 6.07) is 14.0. The Hall–Kier alpha value is -3.08. The molecule has 5 nitrogen and oxygen atoms in total. The molecule has 0 unspecified atom stereocenters. The third kappa shape index (κ3) is 3.30. The fourth-order valence-electron chi connectivity index (χ4n) is 2.35. The summed E-state index contributed by atoms with van der Waals surface area (Å²) in [5.74, 6) is 1.21. The van der Waals surface area contributed by atoms with E-state index in [2.05, 4.69) is 0 Å². The number of methoxy groups -OCH3 is 1. The van der Waals surface area contributed by atoms with Gasteiger partial charge in [0.05, 0.1) is 12.7 Å². The minimum atomic E-state index is -0.412. The molecule has 0 radical (unpaired) electrons. The van der Waals surface area contributed by atoms with E-state index in [-0.39, 0.29) is 12.4 Å². The third-order valence-corrected chi connectivity index (χ3v) is 3.55. The normalized spacial score (nSPS) is 10.6. The van der Waals surface area contributed by atoms with Crippen molar-refractivity contribution in [3.05, 3.63) is 59.0 Å². The van der Waals surface area contributed by atoms with Gasteiger partial charge in [0, 0.05) is 5.39 Å². The molecule has 0 saturated heterocycles. The number of benzene rings is 2. The molecule has 0 bridgehead atoms. The zero-order valence-corrected chi connectivity index (χ0v) is 13.4. The van der Waals surface area contributed by atoms with Gasteiger partial charge in [-0.15, -0.1) is 0 Å². The summed E-state index contributed by atoms with van der Waals surface area (Å²) in [6.07, 6.45) is 0. The summed E-state index contributed by atoms with van der Waals surface area (Å²) in [5.41, 5.74) is 1.26. The standard InChI is InChI=1S/C19H16O5/c1-12(20)11-23-15-5-3-13(4-6-15)17-10-14-9-16(22-2)7-8-18(14)24-19(17)21/h3-10H,11H2,1-2H3. The molecule has 0 aliphatic carbocycles. The monoisotopic (exact) mass is 324 g/mol. The smallest absolute Gasteiger partial charge is 0.344 e. The highest BCUT2D eigenvalue weighted by atomic mass is 16.5. The van der Waals surface area contributed by atoms with Gasteiger partial charge < -0.3 is 13.9 Å². The first-order valence-electron chi connectivity index (χ1n) is 7.41.